The number of benzene rings is 6. The van der Waals surface area contributed by atoms with Crippen molar-refractivity contribution in [2.45, 2.75) is 53.4 Å². The number of nitrogens with zero attached hydrogens (tertiary/aromatic N) is 2. The van der Waals surface area contributed by atoms with Gasteiger partial charge in [0.15, 0.2) is 0 Å². The van der Waals surface area contributed by atoms with Gasteiger partial charge in [-0.15, -0.1) is 0 Å². The minimum Gasteiger partial charge on any atom is -0.463 e. The molecule has 6 heteroatoms. The van der Waals surface area contributed by atoms with E-state index in [4.69, 9.17) is 9.47 Å². The maximum Gasteiger partial charge on any atom is 0.330 e. The van der Waals surface area contributed by atoms with Gasteiger partial charge in [0, 0.05) is 46.3 Å². The highest BCUT2D eigenvalue weighted by atomic mass is 16.5. The fourth-order valence-electron chi connectivity index (χ4n) is 6.78. The van der Waals surface area contributed by atoms with Crippen LogP contribution in [0.2, 0.25) is 0 Å². The first-order valence-electron chi connectivity index (χ1n) is 20.0. The van der Waals surface area contributed by atoms with E-state index in [-0.39, 0.29) is 11.9 Å². The van der Waals surface area contributed by atoms with E-state index in [1.807, 2.05) is 0 Å². The molecule has 0 unspecified atom stereocenters. The molecule has 6 nitrogen and oxygen atoms in total. The van der Waals surface area contributed by atoms with E-state index < -0.39 is 0 Å². The predicted octanol–water partition coefficient (Wildman–Crippen LogP) is 13.0. The standard InChI is InChI=1S/C52H52N2O4/c1-5-9-51(55)57-37-7-11-41-17-29-47(30-18-41)54(48-31-19-42(20-32-48)12-8-38-58-52(56)10-6-2)50-35-23-44(24-36-50)43-21-33-49(34-22-43)53(45-25-13-39(3)14-26-45)46-27-15-40(4)16-28-46/h5-6,9-10,13-36H,7-8,11-12,37-38H2,1-4H3/b9-5+,10-6+. The molecule has 0 aliphatic rings. The van der Waals surface area contributed by atoms with Crippen LogP contribution in [0, 0.1) is 13.8 Å². The van der Waals surface area contributed by atoms with Crippen LogP contribution in [0.15, 0.2) is 170 Å². The third-order valence-electron chi connectivity index (χ3n) is 9.87. The van der Waals surface area contributed by atoms with Gasteiger partial charge >= 0.3 is 11.9 Å². The summed E-state index contributed by atoms with van der Waals surface area (Å²) in [5.74, 6) is -0.614. The highest BCUT2D eigenvalue weighted by Gasteiger charge is 2.15. The lowest BCUT2D eigenvalue weighted by molar-refractivity contribution is -0.138. The molecular weight excluding hydrogens is 717 g/mol. The molecule has 0 fully saturated rings. The maximum absolute atomic E-state index is 11.7. The molecule has 0 N–H and O–H groups in total. The molecule has 0 aliphatic heterocycles. The number of anilines is 6. The van der Waals surface area contributed by atoms with E-state index in [9.17, 15) is 9.59 Å². The second-order valence-electron chi connectivity index (χ2n) is 14.3. The second kappa shape index (κ2) is 20.5. The summed E-state index contributed by atoms with van der Waals surface area (Å²) in [7, 11) is 0. The summed E-state index contributed by atoms with van der Waals surface area (Å²) in [5, 5.41) is 0. The Morgan fingerprint density at radius 3 is 1.00 bits per heavy atom. The predicted molar refractivity (Wildman–Crippen MR) is 239 cm³/mol. The lowest BCUT2D eigenvalue weighted by Crippen LogP contribution is -2.10. The van der Waals surface area contributed by atoms with Crippen LogP contribution < -0.4 is 9.80 Å². The summed E-state index contributed by atoms with van der Waals surface area (Å²) in [6.45, 7) is 8.59. The fraction of sp³-hybridized carbons (Fsp3) is 0.192. The molecule has 0 amide bonds. The number of ether oxygens (including phenoxy) is 2. The normalized spacial score (nSPS) is 11.2. The molecule has 58 heavy (non-hydrogen) atoms. The number of rotatable bonds is 17. The molecule has 294 valence electrons. The van der Waals surface area contributed by atoms with Crippen molar-refractivity contribution >= 4 is 46.1 Å². The molecule has 0 radical (unpaired) electrons. The van der Waals surface area contributed by atoms with Crippen LogP contribution in [0.3, 0.4) is 0 Å². The zero-order valence-corrected chi connectivity index (χ0v) is 33.9. The summed E-state index contributed by atoms with van der Waals surface area (Å²) < 4.78 is 10.6. The fourth-order valence-corrected chi connectivity index (χ4v) is 6.78. The summed E-state index contributed by atoms with van der Waals surface area (Å²) in [4.78, 5) is 27.9. The Labute approximate surface area is 343 Å². The average Bonchev–Trinajstić information content (AvgIpc) is 3.24. The second-order valence-corrected chi connectivity index (χ2v) is 14.3. The minimum absolute atomic E-state index is 0.307. The minimum atomic E-state index is -0.307. The monoisotopic (exact) mass is 768 g/mol. The van der Waals surface area contributed by atoms with Gasteiger partial charge in [-0.25, -0.2) is 9.59 Å². The number of hydrogen-bond donors (Lipinski definition) is 0. The van der Waals surface area contributed by atoms with Crippen molar-refractivity contribution in [3.63, 3.8) is 0 Å². The van der Waals surface area contributed by atoms with E-state index in [0.717, 1.165) is 70.9 Å². The molecule has 0 spiro atoms. The van der Waals surface area contributed by atoms with Gasteiger partial charge in [-0.1, -0.05) is 96.1 Å². The van der Waals surface area contributed by atoms with Gasteiger partial charge in [0.25, 0.3) is 0 Å². The van der Waals surface area contributed by atoms with E-state index in [2.05, 4.69) is 169 Å². The first-order chi connectivity index (χ1) is 28.3. The highest BCUT2D eigenvalue weighted by Crippen LogP contribution is 2.38. The van der Waals surface area contributed by atoms with E-state index >= 15 is 0 Å². The van der Waals surface area contributed by atoms with Crippen molar-refractivity contribution < 1.29 is 19.1 Å². The Morgan fingerprint density at radius 1 is 0.431 bits per heavy atom. The SMILES string of the molecule is C/C=C/C(=O)OCCCc1ccc(N(c2ccc(CCCOC(=O)/C=C/C)cc2)c2ccc(-c3ccc(N(c4ccc(C)cc4)c4ccc(C)cc4)cc3)cc2)cc1. The summed E-state index contributed by atoms with van der Waals surface area (Å²) in [5.41, 5.74) is 13.5. The Hall–Kier alpha value is -6.66. The Bertz CT molecular complexity index is 2150. The zero-order valence-electron chi connectivity index (χ0n) is 33.9. The van der Waals surface area contributed by atoms with Gasteiger partial charge < -0.3 is 19.3 Å². The third-order valence-corrected chi connectivity index (χ3v) is 9.87. The van der Waals surface area contributed by atoms with Crippen LogP contribution in [-0.2, 0) is 31.9 Å². The van der Waals surface area contributed by atoms with Crippen molar-refractivity contribution in [2.75, 3.05) is 23.0 Å². The van der Waals surface area contributed by atoms with E-state index in [0.29, 0.717) is 13.2 Å². The molecule has 6 rings (SSSR count). The lowest BCUT2D eigenvalue weighted by atomic mass is 10.0. The van der Waals surface area contributed by atoms with Crippen molar-refractivity contribution in [1.82, 2.24) is 0 Å². The molecule has 0 aromatic heterocycles. The van der Waals surface area contributed by atoms with Crippen LogP contribution in [0.5, 0.6) is 0 Å². The quantitative estimate of drug-likeness (QED) is 0.0523. The molecule has 6 aromatic rings. The van der Waals surface area contributed by atoms with Gasteiger partial charge in [-0.05, 0) is 148 Å². The molecule has 0 saturated carbocycles. The third kappa shape index (κ3) is 11.2. The van der Waals surface area contributed by atoms with Gasteiger partial charge in [0.1, 0.15) is 0 Å². The maximum atomic E-state index is 11.7. The van der Waals surface area contributed by atoms with Gasteiger partial charge in [0.05, 0.1) is 13.2 Å². The largest absolute Gasteiger partial charge is 0.463 e. The Kier molecular flexibility index (Phi) is 14.5. The number of carbonyl (C=O) groups excluding carboxylic acids is 2. The Morgan fingerprint density at radius 2 is 0.707 bits per heavy atom. The summed E-state index contributed by atoms with van der Waals surface area (Å²) in [6.07, 6.45) is 9.37. The molecular formula is C52H52N2O4. The van der Waals surface area contributed by atoms with Crippen LogP contribution in [0.4, 0.5) is 34.1 Å². The van der Waals surface area contributed by atoms with E-state index in [1.165, 1.54) is 34.4 Å². The van der Waals surface area contributed by atoms with Crippen molar-refractivity contribution in [2.24, 2.45) is 0 Å². The number of hydrogen-bond acceptors (Lipinski definition) is 6. The van der Waals surface area contributed by atoms with Crippen LogP contribution in [0.25, 0.3) is 11.1 Å². The summed E-state index contributed by atoms with van der Waals surface area (Å²) in [6, 6.07) is 52.0. The number of allylic oxidation sites excluding steroid dienone is 2. The molecule has 0 bridgehead atoms. The van der Waals surface area contributed by atoms with Gasteiger partial charge in [-0.3, -0.25) is 0 Å². The first kappa shape index (κ1) is 41.0. The van der Waals surface area contributed by atoms with Crippen LogP contribution in [-0.4, -0.2) is 25.2 Å². The topological polar surface area (TPSA) is 59.1 Å². The van der Waals surface area contributed by atoms with Crippen molar-refractivity contribution in [1.29, 1.82) is 0 Å². The smallest absolute Gasteiger partial charge is 0.330 e. The molecule has 0 atom stereocenters. The molecule has 0 saturated heterocycles. The van der Waals surface area contributed by atoms with Crippen molar-refractivity contribution in [3.05, 3.63) is 192 Å². The van der Waals surface area contributed by atoms with Gasteiger partial charge in [-0.2, -0.15) is 0 Å². The van der Waals surface area contributed by atoms with Crippen LogP contribution >= 0.6 is 0 Å². The average molecular weight is 769 g/mol. The number of aryl methyl sites for hydroxylation is 4. The zero-order chi connectivity index (χ0) is 40.7. The van der Waals surface area contributed by atoms with Gasteiger partial charge in [0.2, 0.25) is 0 Å². The molecule has 0 aliphatic carbocycles. The first-order valence-corrected chi connectivity index (χ1v) is 20.0. The molecule has 6 aromatic carbocycles. The Balaban J connectivity index is 1.22. The molecule has 0 heterocycles. The lowest BCUT2D eigenvalue weighted by Gasteiger charge is -2.26. The summed E-state index contributed by atoms with van der Waals surface area (Å²) >= 11 is 0. The number of esters is 2. The van der Waals surface area contributed by atoms with Crippen molar-refractivity contribution in [3.8, 4) is 11.1 Å². The highest BCUT2D eigenvalue weighted by molar-refractivity contribution is 5.83. The van der Waals surface area contributed by atoms with E-state index in [1.54, 1.807) is 26.0 Å². The number of carbonyl (C=O) groups is 2. The van der Waals surface area contributed by atoms with Crippen LogP contribution in [0.1, 0.15) is 48.9 Å².